The molecule has 0 N–H and O–H groups in total. The minimum Gasteiger partial charge on any atom is -0.491 e. The lowest BCUT2D eigenvalue weighted by Crippen LogP contribution is -2.52. The SMILES string of the molecule is COC(=O)c1cc(OC[C@H]2CN(C(C)(C)C)CCO2)cc(-c2ncc(C)s2)c1F. The minimum atomic E-state index is -0.754. The Labute approximate surface area is 174 Å². The smallest absolute Gasteiger partial charge is 0.341 e. The molecule has 0 aliphatic carbocycles. The standard InChI is InChI=1S/C21H27FN2O4S/c1-13-10-23-19(29-13)16-8-14(9-17(18(16)22)20(25)26-5)28-12-15-11-24(6-7-27-15)21(2,3)4/h8-10,15H,6-7,11-12H2,1-5H3/t15-/m1/s1. The van der Waals surface area contributed by atoms with Crippen LogP contribution in [0, 0.1) is 12.7 Å². The van der Waals surface area contributed by atoms with Gasteiger partial charge in [0.05, 0.1) is 24.8 Å². The molecule has 2 heterocycles. The molecule has 29 heavy (non-hydrogen) atoms. The van der Waals surface area contributed by atoms with Crippen molar-refractivity contribution in [3.63, 3.8) is 0 Å². The molecule has 1 aliphatic rings. The zero-order chi connectivity index (χ0) is 21.2. The third-order valence-electron chi connectivity index (χ3n) is 4.83. The van der Waals surface area contributed by atoms with Crippen LogP contribution in [0.3, 0.4) is 0 Å². The summed E-state index contributed by atoms with van der Waals surface area (Å²) in [4.78, 5) is 19.6. The van der Waals surface area contributed by atoms with Gasteiger partial charge in [-0.25, -0.2) is 14.2 Å². The van der Waals surface area contributed by atoms with Crippen molar-refractivity contribution in [1.29, 1.82) is 0 Å². The van der Waals surface area contributed by atoms with Gasteiger partial charge >= 0.3 is 5.97 Å². The summed E-state index contributed by atoms with van der Waals surface area (Å²) >= 11 is 1.35. The largest absolute Gasteiger partial charge is 0.491 e. The number of hydrogen-bond donors (Lipinski definition) is 0. The number of ether oxygens (including phenoxy) is 3. The van der Waals surface area contributed by atoms with Crippen LogP contribution in [0.4, 0.5) is 4.39 Å². The van der Waals surface area contributed by atoms with E-state index in [1.54, 1.807) is 12.3 Å². The Morgan fingerprint density at radius 2 is 2.17 bits per heavy atom. The molecular weight excluding hydrogens is 395 g/mol. The number of benzene rings is 1. The van der Waals surface area contributed by atoms with E-state index in [4.69, 9.17) is 14.2 Å². The van der Waals surface area contributed by atoms with Gasteiger partial charge in [-0.15, -0.1) is 11.3 Å². The van der Waals surface area contributed by atoms with Crippen molar-refractivity contribution in [2.24, 2.45) is 0 Å². The number of halogens is 1. The molecule has 3 rings (SSSR count). The Morgan fingerprint density at radius 3 is 2.79 bits per heavy atom. The number of hydrogen-bond acceptors (Lipinski definition) is 7. The van der Waals surface area contributed by atoms with Crippen LogP contribution >= 0.6 is 11.3 Å². The number of methoxy groups -OCH3 is 1. The number of carbonyl (C=O) groups is 1. The Bertz CT molecular complexity index is 878. The Balaban J connectivity index is 1.82. The van der Waals surface area contributed by atoms with Crippen molar-refractivity contribution in [1.82, 2.24) is 9.88 Å². The molecule has 2 aromatic rings. The van der Waals surface area contributed by atoms with Gasteiger partial charge in [-0.3, -0.25) is 4.90 Å². The topological polar surface area (TPSA) is 60.9 Å². The van der Waals surface area contributed by atoms with Gasteiger partial charge in [-0.2, -0.15) is 0 Å². The maximum absolute atomic E-state index is 14.9. The first kappa shape index (κ1) is 21.7. The summed E-state index contributed by atoms with van der Waals surface area (Å²) in [5.74, 6) is -1.03. The molecule has 0 radical (unpaired) electrons. The fraction of sp³-hybridized carbons (Fsp3) is 0.524. The predicted molar refractivity (Wildman–Crippen MR) is 110 cm³/mol. The van der Waals surface area contributed by atoms with Crippen molar-refractivity contribution in [3.8, 4) is 16.3 Å². The van der Waals surface area contributed by atoms with E-state index in [-0.39, 0.29) is 22.8 Å². The van der Waals surface area contributed by atoms with Gasteiger partial charge in [0.15, 0.2) is 0 Å². The van der Waals surface area contributed by atoms with Crippen LogP contribution in [0.5, 0.6) is 5.75 Å². The molecule has 0 bridgehead atoms. The summed E-state index contributed by atoms with van der Waals surface area (Å²) in [5, 5.41) is 0.489. The highest BCUT2D eigenvalue weighted by molar-refractivity contribution is 7.14. The van der Waals surface area contributed by atoms with E-state index < -0.39 is 11.8 Å². The zero-order valence-corrected chi connectivity index (χ0v) is 18.3. The van der Waals surface area contributed by atoms with Crippen molar-refractivity contribution in [2.45, 2.75) is 39.3 Å². The van der Waals surface area contributed by atoms with Gasteiger partial charge in [0.25, 0.3) is 0 Å². The number of morpholine rings is 1. The first-order valence-corrected chi connectivity index (χ1v) is 10.3. The second-order valence-corrected chi connectivity index (χ2v) is 9.26. The first-order valence-electron chi connectivity index (χ1n) is 9.53. The lowest BCUT2D eigenvalue weighted by molar-refractivity contribution is -0.0729. The fourth-order valence-corrected chi connectivity index (χ4v) is 3.97. The molecule has 1 aliphatic heterocycles. The van der Waals surface area contributed by atoms with E-state index in [2.05, 4.69) is 30.7 Å². The number of thiazole rings is 1. The van der Waals surface area contributed by atoms with Crippen LogP contribution in [-0.2, 0) is 9.47 Å². The molecule has 1 aromatic carbocycles. The van der Waals surface area contributed by atoms with E-state index in [9.17, 15) is 9.18 Å². The van der Waals surface area contributed by atoms with Crippen LogP contribution in [0.15, 0.2) is 18.3 Å². The molecule has 1 atom stereocenters. The Hall–Kier alpha value is -2.03. The molecule has 0 amide bonds. The van der Waals surface area contributed by atoms with E-state index in [1.807, 2.05) is 6.92 Å². The molecule has 1 aromatic heterocycles. The van der Waals surface area contributed by atoms with Gasteiger partial charge in [-0.1, -0.05) is 0 Å². The van der Waals surface area contributed by atoms with Gasteiger partial charge in [0.2, 0.25) is 0 Å². The van der Waals surface area contributed by atoms with Crippen LogP contribution in [0.25, 0.3) is 10.6 Å². The highest BCUT2D eigenvalue weighted by atomic mass is 32.1. The first-order chi connectivity index (χ1) is 13.7. The van der Waals surface area contributed by atoms with Gasteiger partial charge in [0.1, 0.15) is 29.3 Å². The summed E-state index contributed by atoms with van der Waals surface area (Å²) in [5.41, 5.74) is 0.0989. The van der Waals surface area contributed by atoms with Crippen molar-refractivity contribution >= 4 is 17.3 Å². The van der Waals surface area contributed by atoms with Gasteiger partial charge in [0, 0.05) is 29.7 Å². The maximum atomic E-state index is 14.9. The summed E-state index contributed by atoms with van der Waals surface area (Å²) in [6, 6.07) is 2.94. The van der Waals surface area contributed by atoms with Crippen LogP contribution in [-0.4, -0.2) is 60.9 Å². The summed E-state index contributed by atoms with van der Waals surface area (Å²) in [6.07, 6.45) is 1.56. The molecule has 158 valence electrons. The van der Waals surface area contributed by atoms with Gasteiger partial charge < -0.3 is 14.2 Å². The molecule has 1 saturated heterocycles. The van der Waals surface area contributed by atoms with Gasteiger partial charge in [-0.05, 0) is 39.8 Å². The second kappa shape index (κ2) is 8.77. The monoisotopic (exact) mass is 422 g/mol. The van der Waals surface area contributed by atoms with E-state index >= 15 is 0 Å². The molecule has 6 nitrogen and oxygen atoms in total. The number of nitrogens with zero attached hydrogens (tertiary/aromatic N) is 2. The summed E-state index contributed by atoms with van der Waals surface area (Å²) in [6.45, 7) is 10.9. The number of aromatic nitrogens is 1. The predicted octanol–water partition coefficient (Wildman–Crippen LogP) is 3.92. The lowest BCUT2D eigenvalue weighted by Gasteiger charge is -2.41. The normalized spacial score (nSPS) is 17.9. The summed E-state index contributed by atoms with van der Waals surface area (Å²) in [7, 11) is 1.22. The number of esters is 1. The Morgan fingerprint density at radius 1 is 1.41 bits per heavy atom. The van der Waals surface area contributed by atoms with E-state index in [0.717, 1.165) is 18.0 Å². The van der Waals surface area contributed by atoms with Crippen LogP contribution in [0.2, 0.25) is 0 Å². The molecule has 0 spiro atoms. The van der Waals surface area contributed by atoms with Crippen LogP contribution < -0.4 is 4.74 Å². The number of rotatable bonds is 5. The number of aryl methyl sites for hydroxylation is 1. The molecule has 0 saturated carbocycles. The zero-order valence-electron chi connectivity index (χ0n) is 17.5. The van der Waals surface area contributed by atoms with Crippen LogP contribution in [0.1, 0.15) is 36.0 Å². The van der Waals surface area contributed by atoms with Crippen molar-refractivity contribution < 1.29 is 23.4 Å². The Kier molecular flexibility index (Phi) is 6.55. The lowest BCUT2D eigenvalue weighted by atomic mass is 10.0. The molecule has 8 heteroatoms. The molecule has 1 fully saturated rings. The average Bonchev–Trinajstić information content (AvgIpc) is 3.12. The van der Waals surface area contributed by atoms with E-state index in [0.29, 0.717) is 24.0 Å². The molecule has 0 unspecified atom stereocenters. The second-order valence-electron chi connectivity index (χ2n) is 8.02. The molecular formula is C21H27FN2O4S. The van der Waals surface area contributed by atoms with Crippen molar-refractivity contribution in [2.75, 3.05) is 33.4 Å². The summed E-state index contributed by atoms with van der Waals surface area (Å²) < 4.78 is 31.4. The average molecular weight is 423 g/mol. The third kappa shape index (κ3) is 5.12. The maximum Gasteiger partial charge on any atom is 0.341 e. The highest BCUT2D eigenvalue weighted by Gasteiger charge is 2.29. The quantitative estimate of drug-likeness (QED) is 0.681. The highest BCUT2D eigenvalue weighted by Crippen LogP contribution is 2.33. The number of carbonyl (C=O) groups excluding carboxylic acids is 1. The van der Waals surface area contributed by atoms with E-state index in [1.165, 1.54) is 24.5 Å². The third-order valence-corrected chi connectivity index (χ3v) is 5.77. The minimum absolute atomic E-state index is 0.0474. The van der Waals surface area contributed by atoms with Crippen molar-refractivity contribution in [3.05, 3.63) is 34.6 Å². The fourth-order valence-electron chi connectivity index (χ4n) is 3.19.